The van der Waals surface area contributed by atoms with Gasteiger partial charge in [0.15, 0.2) is 0 Å². The van der Waals surface area contributed by atoms with Crippen LogP contribution in [0.1, 0.15) is 31.9 Å². The number of ether oxygens (including phenoxy) is 1. The maximum atomic E-state index is 13.1. The second-order valence-corrected chi connectivity index (χ2v) is 8.54. The maximum absolute atomic E-state index is 13.1. The largest absolute Gasteiger partial charge is 0.497 e. The summed E-state index contributed by atoms with van der Waals surface area (Å²) >= 11 is 0. The van der Waals surface area contributed by atoms with Gasteiger partial charge in [0.05, 0.1) is 7.11 Å². The summed E-state index contributed by atoms with van der Waals surface area (Å²) < 4.78 is 5.16. The smallest absolute Gasteiger partial charge is 0.325 e. The Kier molecular flexibility index (Phi) is 8.28. The van der Waals surface area contributed by atoms with Gasteiger partial charge in [0.1, 0.15) is 17.8 Å². The summed E-state index contributed by atoms with van der Waals surface area (Å²) in [7, 11) is 1.56. The fourth-order valence-electron chi connectivity index (χ4n) is 4.35. The van der Waals surface area contributed by atoms with Crippen LogP contribution >= 0.6 is 0 Å². The van der Waals surface area contributed by atoms with Crippen molar-refractivity contribution >= 4 is 17.8 Å². The molecular weight excluding hydrogens is 432 g/mol. The summed E-state index contributed by atoms with van der Waals surface area (Å²) in [6.07, 6.45) is 0.793. The van der Waals surface area contributed by atoms with E-state index in [4.69, 9.17) is 4.74 Å². The molecule has 0 radical (unpaired) electrons. The van der Waals surface area contributed by atoms with E-state index in [1.54, 1.807) is 38.3 Å². The first-order valence-corrected chi connectivity index (χ1v) is 11.7. The van der Waals surface area contributed by atoms with Gasteiger partial charge in [0, 0.05) is 12.6 Å². The zero-order valence-electron chi connectivity index (χ0n) is 20.3. The number of likely N-dealkylation sites (N-methyl/N-ethyl adjacent to an activating group) is 1. The molecule has 1 aliphatic heterocycles. The molecule has 8 heteroatoms. The van der Waals surface area contributed by atoms with E-state index in [1.165, 1.54) is 5.56 Å². The van der Waals surface area contributed by atoms with Gasteiger partial charge < -0.3 is 15.4 Å². The van der Waals surface area contributed by atoms with Crippen LogP contribution in [0, 0.1) is 0 Å². The highest BCUT2D eigenvalue weighted by Crippen LogP contribution is 2.29. The minimum atomic E-state index is -1.24. The molecule has 0 bridgehead atoms. The van der Waals surface area contributed by atoms with Crippen molar-refractivity contribution < 1.29 is 19.1 Å². The van der Waals surface area contributed by atoms with Gasteiger partial charge in [-0.2, -0.15) is 0 Å². The lowest BCUT2D eigenvalue weighted by Crippen LogP contribution is -2.48. The number of carbonyl (C=O) groups excluding carboxylic acids is 3. The van der Waals surface area contributed by atoms with Crippen LogP contribution in [-0.2, 0) is 21.5 Å². The quantitative estimate of drug-likeness (QED) is 0.497. The number of hydrogen-bond donors (Lipinski definition) is 2. The second kappa shape index (κ2) is 11.2. The van der Waals surface area contributed by atoms with E-state index in [0.717, 1.165) is 24.4 Å². The van der Waals surface area contributed by atoms with E-state index >= 15 is 0 Å². The van der Waals surface area contributed by atoms with E-state index in [1.807, 2.05) is 18.2 Å². The highest BCUT2D eigenvalue weighted by molar-refractivity contribution is 6.09. The molecule has 2 unspecified atom stereocenters. The number of nitrogens with one attached hydrogen (secondary N) is 2. The Morgan fingerprint density at radius 3 is 2.32 bits per heavy atom. The summed E-state index contributed by atoms with van der Waals surface area (Å²) in [5, 5.41) is 5.66. The Hall–Kier alpha value is -3.39. The molecule has 182 valence electrons. The topological polar surface area (TPSA) is 91.0 Å². The number of imide groups is 1. The summed E-state index contributed by atoms with van der Waals surface area (Å²) in [5.41, 5.74) is 0.581. The first kappa shape index (κ1) is 25.2. The molecule has 0 aromatic heterocycles. The minimum Gasteiger partial charge on any atom is -0.497 e. The standard InChI is InChI=1S/C26H34N4O4/c1-5-29(6-2)21(16-19-10-8-7-9-11-19)17-27-23(31)18-30-24(32)26(3,28-25(30)33)20-12-14-22(34-4)15-13-20/h7-15,21H,5-6,16-18H2,1-4H3,(H,27,31)(H,28,33). The van der Waals surface area contributed by atoms with Crippen molar-refractivity contribution in [3.05, 3.63) is 65.7 Å². The van der Waals surface area contributed by atoms with Crippen molar-refractivity contribution in [1.29, 1.82) is 0 Å². The lowest BCUT2D eigenvalue weighted by atomic mass is 9.92. The SMILES string of the molecule is CCN(CC)C(CNC(=O)CN1C(=O)NC(C)(c2ccc(OC)cc2)C1=O)Cc1ccccc1. The number of rotatable bonds is 11. The van der Waals surface area contributed by atoms with Gasteiger partial charge in [-0.1, -0.05) is 56.3 Å². The Bertz CT molecular complexity index is 992. The summed E-state index contributed by atoms with van der Waals surface area (Å²) in [5.74, 6) is -0.172. The third-order valence-electron chi connectivity index (χ3n) is 6.42. The molecule has 1 fully saturated rings. The molecule has 2 aromatic carbocycles. The summed E-state index contributed by atoms with van der Waals surface area (Å²) in [4.78, 5) is 41.8. The third-order valence-corrected chi connectivity index (χ3v) is 6.42. The van der Waals surface area contributed by atoms with E-state index < -0.39 is 17.5 Å². The van der Waals surface area contributed by atoms with Crippen molar-refractivity contribution in [2.75, 3.05) is 33.3 Å². The number of benzene rings is 2. The molecule has 34 heavy (non-hydrogen) atoms. The molecular formula is C26H34N4O4. The summed E-state index contributed by atoms with van der Waals surface area (Å²) in [6.45, 7) is 7.64. The molecule has 4 amide bonds. The fraction of sp³-hybridized carbons (Fsp3) is 0.423. The predicted octanol–water partition coefficient (Wildman–Crippen LogP) is 2.53. The van der Waals surface area contributed by atoms with Crippen LogP contribution in [0.15, 0.2) is 54.6 Å². The van der Waals surface area contributed by atoms with Crippen molar-refractivity contribution in [3.8, 4) is 5.75 Å². The molecule has 0 saturated carbocycles. The Balaban J connectivity index is 1.64. The number of methoxy groups -OCH3 is 1. The molecule has 0 aliphatic carbocycles. The molecule has 2 N–H and O–H groups in total. The lowest BCUT2D eigenvalue weighted by molar-refractivity contribution is -0.134. The van der Waals surface area contributed by atoms with Gasteiger partial charge in [-0.05, 0) is 49.7 Å². The van der Waals surface area contributed by atoms with Crippen LogP contribution in [0.2, 0.25) is 0 Å². The highest BCUT2D eigenvalue weighted by atomic mass is 16.5. The number of carbonyl (C=O) groups is 3. The minimum absolute atomic E-state index is 0.106. The monoisotopic (exact) mass is 466 g/mol. The van der Waals surface area contributed by atoms with Crippen molar-refractivity contribution in [3.63, 3.8) is 0 Å². The molecule has 1 aliphatic rings. The first-order chi connectivity index (χ1) is 16.3. The highest BCUT2D eigenvalue weighted by Gasteiger charge is 2.49. The number of amides is 4. The van der Waals surface area contributed by atoms with Gasteiger partial charge in [0.25, 0.3) is 5.91 Å². The van der Waals surface area contributed by atoms with Gasteiger partial charge in [-0.15, -0.1) is 0 Å². The number of hydrogen-bond acceptors (Lipinski definition) is 5. The fourth-order valence-corrected chi connectivity index (χ4v) is 4.35. The van der Waals surface area contributed by atoms with E-state index in [0.29, 0.717) is 17.9 Å². The van der Waals surface area contributed by atoms with E-state index in [-0.39, 0.29) is 18.5 Å². The van der Waals surface area contributed by atoms with Crippen LogP contribution < -0.4 is 15.4 Å². The summed E-state index contributed by atoms with van der Waals surface area (Å²) in [6, 6.07) is 16.6. The van der Waals surface area contributed by atoms with Crippen molar-refractivity contribution in [1.82, 2.24) is 20.4 Å². The molecule has 8 nitrogen and oxygen atoms in total. The van der Waals surface area contributed by atoms with Crippen LogP contribution in [0.25, 0.3) is 0 Å². The molecule has 1 saturated heterocycles. The number of urea groups is 1. The molecule has 2 atom stereocenters. The second-order valence-electron chi connectivity index (χ2n) is 8.54. The van der Waals surface area contributed by atoms with Gasteiger partial charge in [0.2, 0.25) is 5.91 Å². The maximum Gasteiger partial charge on any atom is 0.325 e. The van der Waals surface area contributed by atoms with Crippen LogP contribution in [-0.4, -0.2) is 67.0 Å². The molecule has 0 spiro atoms. The Labute approximate surface area is 201 Å². The van der Waals surface area contributed by atoms with Gasteiger partial charge >= 0.3 is 6.03 Å². The zero-order valence-corrected chi connectivity index (χ0v) is 20.3. The average Bonchev–Trinajstić information content (AvgIpc) is 3.07. The third kappa shape index (κ3) is 5.56. The Morgan fingerprint density at radius 2 is 1.74 bits per heavy atom. The van der Waals surface area contributed by atoms with E-state index in [9.17, 15) is 14.4 Å². The molecule has 3 rings (SSSR count). The lowest BCUT2D eigenvalue weighted by Gasteiger charge is -2.30. The van der Waals surface area contributed by atoms with Crippen LogP contribution in [0.3, 0.4) is 0 Å². The van der Waals surface area contributed by atoms with Gasteiger partial charge in [-0.25, -0.2) is 4.79 Å². The van der Waals surface area contributed by atoms with Crippen molar-refractivity contribution in [2.24, 2.45) is 0 Å². The van der Waals surface area contributed by atoms with E-state index in [2.05, 4.69) is 41.5 Å². The first-order valence-electron chi connectivity index (χ1n) is 11.7. The average molecular weight is 467 g/mol. The van der Waals surface area contributed by atoms with Crippen LogP contribution in [0.5, 0.6) is 5.75 Å². The normalized spacial score (nSPS) is 18.7. The van der Waals surface area contributed by atoms with Crippen molar-refractivity contribution in [2.45, 2.75) is 38.8 Å². The van der Waals surface area contributed by atoms with Crippen LogP contribution in [0.4, 0.5) is 4.79 Å². The predicted molar refractivity (Wildman–Crippen MR) is 130 cm³/mol. The molecule has 1 heterocycles. The molecule has 2 aromatic rings. The van der Waals surface area contributed by atoms with Gasteiger partial charge in [-0.3, -0.25) is 19.4 Å². The number of nitrogens with zero attached hydrogens (tertiary/aromatic N) is 2. The Morgan fingerprint density at radius 1 is 1.09 bits per heavy atom. The zero-order chi connectivity index (χ0) is 24.7.